The Hall–Kier alpha value is -1.81. The van der Waals surface area contributed by atoms with Gasteiger partial charge in [-0.05, 0) is 36.8 Å². The van der Waals surface area contributed by atoms with Crippen LogP contribution in [-0.4, -0.2) is 6.61 Å². The van der Waals surface area contributed by atoms with Crippen molar-refractivity contribution in [2.24, 2.45) is 5.92 Å². The summed E-state index contributed by atoms with van der Waals surface area (Å²) in [5.74, 6) is -2.00. The minimum absolute atomic E-state index is 0.0522. The van der Waals surface area contributed by atoms with Crippen molar-refractivity contribution in [1.82, 2.24) is 0 Å². The van der Waals surface area contributed by atoms with Gasteiger partial charge in [0.15, 0.2) is 11.6 Å². The van der Waals surface area contributed by atoms with Crippen LogP contribution in [0.3, 0.4) is 0 Å². The van der Waals surface area contributed by atoms with Crippen molar-refractivity contribution in [3.8, 4) is 11.1 Å². The van der Waals surface area contributed by atoms with Gasteiger partial charge in [0.05, 0.1) is 12.7 Å². The van der Waals surface area contributed by atoms with Crippen molar-refractivity contribution in [3.05, 3.63) is 58.9 Å². The fraction of sp³-hybridized carbons (Fsp3) is 0.429. The van der Waals surface area contributed by atoms with E-state index in [0.29, 0.717) is 25.4 Å². The Morgan fingerprint density at radius 1 is 0.960 bits per heavy atom. The van der Waals surface area contributed by atoms with Gasteiger partial charge in [-0.2, -0.15) is 0 Å². The molecule has 0 spiro atoms. The zero-order valence-corrected chi connectivity index (χ0v) is 14.6. The zero-order chi connectivity index (χ0) is 18.0. The van der Waals surface area contributed by atoms with Crippen LogP contribution >= 0.6 is 0 Å². The summed E-state index contributed by atoms with van der Waals surface area (Å²) in [4.78, 5) is 0. The number of halogens is 3. The van der Waals surface area contributed by atoms with Gasteiger partial charge in [0.25, 0.3) is 0 Å². The number of benzene rings is 2. The quantitative estimate of drug-likeness (QED) is 0.638. The highest BCUT2D eigenvalue weighted by Gasteiger charge is 2.27. The summed E-state index contributed by atoms with van der Waals surface area (Å²) in [6.45, 7) is 4.58. The first kappa shape index (κ1) is 18.0. The Bertz CT molecular complexity index is 749. The topological polar surface area (TPSA) is 9.23 Å². The average Bonchev–Trinajstić information content (AvgIpc) is 2.64. The van der Waals surface area contributed by atoms with Crippen molar-refractivity contribution in [3.63, 3.8) is 0 Å². The van der Waals surface area contributed by atoms with E-state index in [4.69, 9.17) is 4.74 Å². The molecule has 0 amide bonds. The van der Waals surface area contributed by atoms with Gasteiger partial charge in [0.2, 0.25) is 0 Å². The standard InChI is InChI=1S/C21H23F3O/c1-3-13-5-7-15(18(22)11-13)16-8-9-17(21(24)20(16)23)19-10-6-14(4-2)12-25-19/h5,7-9,11,14,19H,3-4,6,10,12H2,1-2H3. The molecule has 25 heavy (non-hydrogen) atoms. The second-order valence-corrected chi connectivity index (χ2v) is 6.67. The third kappa shape index (κ3) is 3.59. The van der Waals surface area contributed by atoms with Crippen molar-refractivity contribution < 1.29 is 17.9 Å². The Morgan fingerprint density at radius 2 is 1.72 bits per heavy atom. The maximum atomic E-state index is 14.6. The summed E-state index contributed by atoms with van der Waals surface area (Å²) in [5, 5.41) is 0. The molecule has 1 aliphatic rings. The Kier molecular flexibility index (Phi) is 5.48. The highest BCUT2D eigenvalue weighted by Crippen LogP contribution is 2.36. The molecule has 4 heteroatoms. The molecular formula is C21H23F3O. The Balaban J connectivity index is 1.91. The molecule has 1 saturated heterocycles. The van der Waals surface area contributed by atoms with Gasteiger partial charge in [0.1, 0.15) is 5.82 Å². The maximum absolute atomic E-state index is 14.6. The highest BCUT2D eigenvalue weighted by atomic mass is 19.2. The lowest BCUT2D eigenvalue weighted by molar-refractivity contribution is -0.0200. The minimum Gasteiger partial charge on any atom is -0.373 e. The van der Waals surface area contributed by atoms with Crippen molar-refractivity contribution >= 4 is 0 Å². The van der Waals surface area contributed by atoms with Gasteiger partial charge in [-0.3, -0.25) is 0 Å². The molecule has 2 atom stereocenters. The van der Waals surface area contributed by atoms with Gasteiger partial charge < -0.3 is 4.74 Å². The van der Waals surface area contributed by atoms with Crippen molar-refractivity contribution in [2.45, 2.75) is 45.6 Å². The molecule has 134 valence electrons. The number of hydrogen-bond acceptors (Lipinski definition) is 1. The summed E-state index contributed by atoms with van der Waals surface area (Å²) >= 11 is 0. The van der Waals surface area contributed by atoms with E-state index in [9.17, 15) is 13.2 Å². The van der Waals surface area contributed by atoms with E-state index in [1.54, 1.807) is 6.07 Å². The maximum Gasteiger partial charge on any atom is 0.167 e. The fourth-order valence-corrected chi connectivity index (χ4v) is 3.39. The summed E-state index contributed by atoms with van der Waals surface area (Å²) in [7, 11) is 0. The molecule has 1 fully saturated rings. The van der Waals surface area contributed by atoms with E-state index < -0.39 is 23.6 Å². The number of ether oxygens (including phenoxy) is 1. The Labute approximate surface area is 146 Å². The van der Waals surface area contributed by atoms with E-state index in [2.05, 4.69) is 6.92 Å². The fourth-order valence-electron chi connectivity index (χ4n) is 3.39. The predicted molar refractivity (Wildman–Crippen MR) is 92.8 cm³/mol. The summed E-state index contributed by atoms with van der Waals surface area (Å²) < 4.78 is 49.2. The highest BCUT2D eigenvalue weighted by molar-refractivity contribution is 5.66. The molecule has 0 aliphatic carbocycles. The lowest BCUT2D eigenvalue weighted by Gasteiger charge is -2.29. The molecular weight excluding hydrogens is 325 g/mol. The SMILES string of the molecule is CCc1ccc(-c2ccc(C3CCC(CC)CO3)c(F)c2F)c(F)c1. The van der Waals surface area contributed by atoms with Crippen LogP contribution in [0.15, 0.2) is 30.3 Å². The van der Waals surface area contributed by atoms with Crippen LogP contribution in [0.2, 0.25) is 0 Å². The predicted octanol–water partition coefficient (Wildman–Crippen LogP) is 6.21. The molecule has 1 aliphatic heterocycles. The van der Waals surface area contributed by atoms with E-state index in [-0.39, 0.29) is 16.7 Å². The Morgan fingerprint density at radius 3 is 2.32 bits per heavy atom. The van der Waals surface area contributed by atoms with Crippen LogP contribution in [0.5, 0.6) is 0 Å². The van der Waals surface area contributed by atoms with Crippen LogP contribution in [0.25, 0.3) is 11.1 Å². The molecule has 1 nitrogen and oxygen atoms in total. The van der Waals surface area contributed by atoms with E-state index in [0.717, 1.165) is 18.4 Å². The molecule has 2 aromatic carbocycles. The lowest BCUT2D eigenvalue weighted by Crippen LogP contribution is -2.21. The van der Waals surface area contributed by atoms with Crippen LogP contribution in [0.1, 0.15) is 50.3 Å². The van der Waals surface area contributed by atoms with Crippen molar-refractivity contribution in [2.75, 3.05) is 6.61 Å². The van der Waals surface area contributed by atoms with Crippen LogP contribution in [0, 0.1) is 23.4 Å². The summed E-state index contributed by atoms with van der Waals surface area (Å²) in [6.07, 6.45) is 2.89. The normalized spacial score (nSPS) is 20.7. The largest absolute Gasteiger partial charge is 0.373 e. The molecule has 3 rings (SSSR count). The van der Waals surface area contributed by atoms with Gasteiger partial charge in [-0.15, -0.1) is 0 Å². The molecule has 1 heterocycles. The molecule has 2 aromatic rings. The van der Waals surface area contributed by atoms with Gasteiger partial charge in [-0.25, -0.2) is 13.2 Å². The van der Waals surface area contributed by atoms with Gasteiger partial charge in [0, 0.05) is 16.7 Å². The first-order valence-electron chi connectivity index (χ1n) is 8.93. The second kappa shape index (κ2) is 7.61. The van der Waals surface area contributed by atoms with Gasteiger partial charge >= 0.3 is 0 Å². The van der Waals surface area contributed by atoms with E-state index >= 15 is 0 Å². The third-order valence-corrected chi connectivity index (χ3v) is 5.14. The van der Waals surface area contributed by atoms with E-state index in [1.165, 1.54) is 24.3 Å². The first-order chi connectivity index (χ1) is 12.0. The average molecular weight is 348 g/mol. The molecule has 0 N–H and O–H groups in total. The molecule has 0 bridgehead atoms. The van der Waals surface area contributed by atoms with Crippen LogP contribution in [0.4, 0.5) is 13.2 Å². The van der Waals surface area contributed by atoms with E-state index in [1.807, 2.05) is 6.92 Å². The number of aryl methyl sites for hydroxylation is 1. The molecule has 2 unspecified atom stereocenters. The monoisotopic (exact) mass is 348 g/mol. The zero-order valence-electron chi connectivity index (χ0n) is 14.6. The smallest absolute Gasteiger partial charge is 0.167 e. The lowest BCUT2D eigenvalue weighted by atomic mass is 9.91. The number of rotatable bonds is 4. The number of hydrogen-bond donors (Lipinski definition) is 0. The second-order valence-electron chi connectivity index (χ2n) is 6.67. The minimum atomic E-state index is -1.01. The summed E-state index contributed by atoms with van der Waals surface area (Å²) in [6, 6.07) is 7.59. The summed E-state index contributed by atoms with van der Waals surface area (Å²) in [5.41, 5.74) is 1.07. The first-order valence-corrected chi connectivity index (χ1v) is 8.93. The van der Waals surface area contributed by atoms with Gasteiger partial charge in [-0.1, -0.05) is 44.5 Å². The molecule has 0 radical (unpaired) electrons. The molecule has 0 aromatic heterocycles. The van der Waals surface area contributed by atoms with Crippen LogP contribution < -0.4 is 0 Å². The molecule has 0 saturated carbocycles. The third-order valence-electron chi connectivity index (χ3n) is 5.14. The van der Waals surface area contributed by atoms with Crippen molar-refractivity contribution in [1.29, 1.82) is 0 Å². The van der Waals surface area contributed by atoms with Crippen LogP contribution in [-0.2, 0) is 11.2 Å².